The molecule has 0 aliphatic carbocycles. The molecule has 1 N–H and O–H groups in total. The van der Waals surface area contributed by atoms with Crippen molar-refractivity contribution in [2.75, 3.05) is 11.4 Å². The number of carbonyl (C=O) groups is 2. The van der Waals surface area contributed by atoms with Crippen molar-refractivity contribution in [3.63, 3.8) is 0 Å². The predicted octanol–water partition coefficient (Wildman–Crippen LogP) is 3.12. The van der Waals surface area contributed by atoms with Crippen LogP contribution in [-0.2, 0) is 9.59 Å². The van der Waals surface area contributed by atoms with Crippen LogP contribution in [0.4, 0.5) is 5.69 Å². The number of anilines is 1. The van der Waals surface area contributed by atoms with Crippen molar-refractivity contribution in [2.24, 2.45) is 0 Å². The summed E-state index contributed by atoms with van der Waals surface area (Å²) >= 11 is 9.33. The van der Waals surface area contributed by atoms with Gasteiger partial charge in [-0.15, -0.1) is 0 Å². The maximum atomic E-state index is 12.5. The molecule has 0 bridgehead atoms. The van der Waals surface area contributed by atoms with E-state index in [0.29, 0.717) is 24.4 Å². The Morgan fingerprint density at radius 2 is 2.20 bits per heavy atom. The van der Waals surface area contributed by atoms with Gasteiger partial charge >= 0.3 is 0 Å². The number of halogens is 2. The van der Waals surface area contributed by atoms with Gasteiger partial charge in [-0.3, -0.25) is 9.59 Å². The molecule has 1 atom stereocenters. The monoisotopic (exact) mass is 358 g/mol. The van der Waals surface area contributed by atoms with Gasteiger partial charge in [0.15, 0.2) is 0 Å². The van der Waals surface area contributed by atoms with E-state index in [1.165, 1.54) is 0 Å². The number of benzene rings is 1. The smallest absolute Gasteiger partial charge is 0.249 e. The van der Waals surface area contributed by atoms with Crippen LogP contribution in [0.2, 0.25) is 5.02 Å². The first kappa shape index (κ1) is 15.3. The predicted molar refractivity (Wildman–Crippen MR) is 83.0 cm³/mol. The number of hydrogen-bond acceptors (Lipinski definition) is 2. The maximum absolute atomic E-state index is 12.5. The number of carbonyl (C=O) groups excluding carboxylic acids is 2. The summed E-state index contributed by atoms with van der Waals surface area (Å²) in [5.41, 5.74) is 0.754. The molecule has 1 aliphatic heterocycles. The normalized spacial score (nSPS) is 19.8. The zero-order valence-corrected chi connectivity index (χ0v) is 13.5. The van der Waals surface area contributed by atoms with E-state index in [2.05, 4.69) is 21.2 Å². The highest BCUT2D eigenvalue weighted by molar-refractivity contribution is 9.10. The van der Waals surface area contributed by atoms with Crippen molar-refractivity contribution >= 4 is 45.0 Å². The Hall–Kier alpha value is -1.07. The summed E-state index contributed by atoms with van der Waals surface area (Å²) in [6.45, 7) is 2.38. The van der Waals surface area contributed by atoms with Gasteiger partial charge in [0.25, 0.3) is 0 Å². The highest BCUT2D eigenvalue weighted by Crippen LogP contribution is 2.28. The third-order valence-electron chi connectivity index (χ3n) is 3.25. The van der Waals surface area contributed by atoms with Gasteiger partial charge in [-0.25, -0.2) is 0 Å². The van der Waals surface area contributed by atoms with Crippen LogP contribution < -0.4 is 10.2 Å². The van der Waals surface area contributed by atoms with Crippen molar-refractivity contribution in [3.05, 3.63) is 27.7 Å². The number of hydrogen-bond donors (Lipinski definition) is 1. The van der Waals surface area contributed by atoms with E-state index >= 15 is 0 Å². The van der Waals surface area contributed by atoms with Crippen LogP contribution in [-0.4, -0.2) is 24.4 Å². The molecule has 0 spiro atoms. The van der Waals surface area contributed by atoms with Gasteiger partial charge in [-0.1, -0.05) is 24.9 Å². The van der Waals surface area contributed by atoms with Crippen molar-refractivity contribution in [2.45, 2.75) is 32.2 Å². The van der Waals surface area contributed by atoms with Crippen molar-refractivity contribution < 1.29 is 9.59 Å². The van der Waals surface area contributed by atoms with Gasteiger partial charge in [0.2, 0.25) is 11.8 Å². The molecule has 1 unspecified atom stereocenters. The van der Waals surface area contributed by atoms with Crippen LogP contribution >= 0.6 is 27.5 Å². The van der Waals surface area contributed by atoms with Gasteiger partial charge in [-0.2, -0.15) is 0 Å². The fraction of sp³-hybridized carbons (Fsp3) is 0.429. The fourth-order valence-electron chi connectivity index (χ4n) is 2.23. The summed E-state index contributed by atoms with van der Waals surface area (Å²) in [6.07, 6.45) is 1.80. The Balaban J connectivity index is 2.30. The summed E-state index contributed by atoms with van der Waals surface area (Å²) in [5.74, 6) is -0.140. The third kappa shape index (κ3) is 3.33. The Bertz CT molecular complexity index is 536. The van der Waals surface area contributed by atoms with Crippen LogP contribution in [0.5, 0.6) is 0 Å². The van der Waals surface area contributed by atoms with Gasteiger partial charge < -0.3 is 10.2 Å². The van der Waals surface area contributed by atoms with Crippen LogP contribution in [0.3, 0.4) is 0 Å². The Morgan fingerprint density at radius 1 is 1.45 bits per heavy atom. The molecule has 20 heavy (non-hydrogen) atoms. The van der Waals surface area contributed by atoms with Gasteiger partial charge in [0, 0.05) is 23.1 Å². The first-order chi connectivity index (χ1) is 9.52. The third-order valence-corrected chi connectivity index (χ3v) is 4.47. The number of amides is 2. The van der Waals surface area contributed by atoms with E-state index in [9.17, 15) is 9.59 Å². The van der Waals surface area contributed by atoms with Crippen molar-refractivity contribution in [1.29, 1.82) is 0 Å². The van der Waals surface area contributed by atoms with Crippen LogP contribution in [0.1, 0.15) is 26.2 Å². The average Bonchev–Trinajstić information content (AvgIpc) is 2.54. The van der Waals surface area contributed by atoms with E-state index in [1.54, 1.807) is 23.1 Å². The van der Waals surface area contributed by atoms with Gasteiger partial charge in [0.1, 0.15) is 6.04 Å². The number of rotatable bonds is 3. The van der Waals surface area contributed by atoms with Crippen molar-refractivity contribution in [1.82, 2.24) is 5.32 Å². The summed E-state index contributed by atoms with van der Waals surface area (Å²) in [7, 11) is 0. The van der Waals surface area contributed by atoms with Crippen LogP contribution in [0.25, 0.3) is 0 Å². The van der Waals surface area contributed by atoms with Crippen LogP contribution in [0, 0.1) is 0 Å². The quantitative estimate of drug-likeness (QED) is 0.901. The van der Waals surface area contributed by atoms with E-state index in [4.69, 9.17) is 11.6 Å². The average molecular weight is 360 g/mol. The molecule has 1 aliphatic rings. The first-order valence-corrected chi connectivity index (χ1v) is 7.75. The number of nitrogens with zero attached hydrogens (tertiary/aromatic N) is 1. The van der Waals surface area contributed by atoms with Gasteiger partial charge in [0.05, 0.1) is 5.02 Å². The fourth-order valence-corrected chi connectivity index (χ4v) is 2.72. The molecule has 1 heterocycles. The summed E-state index contributed by atoms with van der Waals surface area (Å²) < 4.78 is 0.736. The Labute approximate surface area is 131 Å². The minimum absolute atomic E-state index is 0.0630. The SMILES string of the molecule is CCCC1NC(=O)CCN(c2ccc(Cl)c(Br)c2)C1=O. The lowest BCUT2D eigenvalue weighted by Gasteiger charge is -2.24. The molecule has 0 radical (unpaired) electrons. The molecule has 2 amide bonds. The Kier molecular flexibility index (Phi) is 5.05. The standard InChI is InChI=1S/C14H16BrClN2O2/c1-2-3-12-14(20)18(7-6-13(19)17-12)9-4-5-11(16)10(15)8-9/h4-5,8,12H,2-3,6-7H2,1H3,(H,17,19). The second-order valence-corrected chi connectivity index (χ2v) is 6.01. The lowest BCUT2D eigenvalue weighted by atomic mass is 10.1. The van der Waals surface area contributed by atoms with E-state index in [1.807, 2.05) is 6.92 Å². The highest BCUT2D eigenvalue weighted by atomic mass is 79.9. The molecule has 1 aromatic rings. The summed E-state index contributed by atoms with van der Waals surface area (Å²) in [5, 5.41) is 3.38. The summed E-state index contributed by atoms with van der Waals surface area (Å²) in [4.78, 5) is 25.9. The van der Waals surface area contributed by atoms with E-state index in [-0.39, 0.29) is 11.8 Å². The minimum Gasteiger partial charge on any atom is -0.344 e. The van der Waals surface area contributed by atoms with Crippen LogP contribution in [0.15, 0.2) is 22.7 Å². The Morgan fingerprint density at radius 3 is 2.85 bits per heavy atom. The lowest BCUT2D eigenvalue weighted by molar-refractivity contribution is -0.125. The first-order valence-electron chi connectivity index (χ1n) is 6.58. The molecule has 0 saturated carbocycles. The van der Waals surface area contributed by atoms with E-state index in [0.717, 1.165) is 16.6 Å². The minimum atomic E-state index is -0.440. The van der Waals surface area contributed by atoms with Crippen molar-refractivity contribution in [3.8, 4) is 0 Å². The van der Waals surface area contributed by atoms with Gasteiger partial charge in [-0.05, 0) is 40.5 Å². The number of nitrogens with one attached hydrogen (secondary N) is 1. The second-order valence-electron chi connectivity index (χ2n) is 4.75. The highest BCUT2D eigenvalue weighted by Gasteiger charge is 2.30. The largest absolute Gasteiger partial charge is 0.344 e. The topological polar surface area (TPSA) is 49.4 Å². The molecular formula is C14H16BrClN2O2. The molecule has 1 saturated heterocycles. The molecule has 108 valence electrons. The molecule has 1 fully saturated rings. The zero-order chi connectivity index (χ0) is 14.7. The molecule has 2 rings (SSSR count). The molecule has 4 nitrogen and oxygen atoms in total. The molecular weight excluding hydrogens is 344 g/mol. The summed E-state index contributed by atoms with van der Waals surface area (Å²) in [6, 6.07) is 4.90. The lowest BCUT2D eigenvalue weighted by Crippen LogP contribution is -2.44. The second kappa shape index (κ2) is 6.59. The zero-order valence-electron chi connectivity index (χ0n) is 11.2. The maximum Gasteiger partial charge on any atom is 0.249 e. The molecule has 6 heteroatoms. The molecule has 1 aromatic carbocycles. The molecule has 0 aromatic heterocycles. The van der Waals surface area contributed by atoms with E-state index < -0.39 is 6.04 Å².